The van der Waals surface area contributed by atoms with Crippen LogP contribution in [0.4, 0.5) is 0 Å². The first-order chi connectivity index (χ1) is 8.45. The van der Waals surface area contributed by atoms with Gasteiger partial charge >= 0.3 is 7.82 Å². The quantitative estimate of drug-likeness (QED) is 0.582. The molecule has 2 saturated carbocycles. The van der Waals surface area contributed by atoms with Gasteiger partial charge in [0.25, 0.3) is 0 Å². The van der Waals surface area contributed by atoms with Crippen molar-refractivity contribution in [2.24, 2.45) is 0 Å². The third-order valence-corrected chi connectivity index (χ3v) is 3.68. The summed E-state index contributed by atoms with van der Waals surface area (Å²) in [5.74, 6) is 0. The van der Waals surface area contributed by atoms with Gasteiger partial charge in [-0.1, -0.05) is 38.5 Å². The molecule has 0 aromatic heterocycles. The van der Waals surface area contributed by atoms with Gasteiger partial charge in [0.2, 0.25) is 0 Å². The van der Waals surface area contributed by atoms with Crippen LogP contribution in [-0.4, -0.2) is 26.8 Å². The van der Waals surface area contributed by atoms with Gasteiger partial charge in [-0.05, 0) is 25.7 Å². The van der Waals surface area contributed by atoms with Crippen molar-refractivity contribution in [1.29, 1.82) is 0 Å². The Labute approximate surface area is 109 Å². The Balaban J connectivity index is 0.000000280. The summed E-state index contributed by atoms with van der Waals surface area (Å²) in [7, 11) is -4.64. The second kappa shape index (κ2) is 8.28. The lowest BCUT2D eigenvalue weighted by atomic mass is 9.91. The van der Waals surface area contributed by atoms with Crippen LogP contribution in [0.1, 0.15) is 64.2 Å². The first-order valence-electron chi connectivity index (χ1n) is 6.99. The van der Waals surface area contributed by atoms with Crippen molar-refractivity contribution in [3.63, 3.8) is 0 Å². The van der Waals surface area contributed by atoms with Crippen molar-refractivity contribution in [1.82, 2.24) is 5.32 Å². The van der Waals surface area contributed by atoms with E-state index in [-0.39, 0.29) is 0 Å². The Morgan fingerprint density at radius 3 is 1.28 bits per heavy atom. The molecule has 0 amide bonds. The summed E-state index contributed by atoms with van der Waals surface area (Å²) in [4.78, 5) is 21.6. The Kier molecular flexibility index (Phi) is 7.42. The maximum absolute atomic E-state index is 8.88. The van der Waals surface area contributed by atoms with Gasteiger partial charge in [0, 0.05) is 12.1 Å². The van der Waals surface area contributed by atoms with E-state index < -0.39 is 7.82 Å². The van der Waals surface area contributed by atoms with Gasteiger partial charge in [-0.15, -0.1) is 0 Å². The molecule has 2 fully saturated rings. The van der Waals surface area contributed by atoms with Crippen molar-refractivity contribution in [3.05, 3.63) is 0 Å². The fourth-order valence-corrected chi connectivity index (χ4v) is 2.87. The number of hydrogen-bond acceptors (Lipinski definition) is 2. The first kappa shape index (κ1) is 16.1. The highest BCUT2D eigenvalue weighted by molar-refractivity contribution is 7.45. The molecule has 0 spiro atoms. The summed E-state index contributed by atoms with van der Waals surface area (Å²) in [6.07, 6.45) is 14.6. The Morgan fingerprint density at radius 2 is 1.00 bits per heavy atom. The lowest BCUT2D eigenvalue weighted by molar-refractivity contribution is 0.275. The summed E-state index contributed by atoms with van der Waals surface area (Å²) in [5, 5.41) is 3.86. The van der Waals surface area contributed by atoms with Gasteiger partial charge in [0.15, 0.2) is 0 Å². The average molecular weight is 279 g/mol. The average Bonchev–Trinajstić information content (AvgIpc) is 2.29. The molecule has 0 saturated heterocycles. The van der Waals surface area contributed by atoms with E-state index in [0.29, 0.717) is 0 Å². The van der Waals surface area contributed by atoms with Gasteiger partial charge in [-0.25, -0.2) is 4.57 Å². The molecule has 5 nitrogen and oxygen atoms in total. The molecule has 108 valence electrons. The van der Waals surface area contributed by atoms with Crippen LogP contribution in [0.5, 0.6) is 0 Å². The summed E-state index contributed by atoms with van der Waals surface area (Å²) in [5.41, 5.74) is 0. The van der Waals surface area contributed by atoms with E-state index in [0.717, 1.165) is 12.1 Å². The Bertz CT molecular complexity index is 233. The summed E-state index contributed by atoms with van der Waals surface area (Å²) in [6, 6.07) is 1.74. The van der Waals surface area contributed by atoms with Crippen molar-refractivity contribution in [2.45, 2.75) is 76.3 Å². The molecule has 0 heterocycles. The monoisotopic (exact) mass is 279 g/mol. The zero-order valence-corrected chi connectivity index (χ0v) is 11.8. The van der Waals surface area contributed by atoms with Crippen LogP contribution >= 0.6 is 7.82 Å². The number of phosphoric acid groups is 1. The fraction of sp³-hybridized carbons (Fsp3) is 1.00. The minimum Gasteiger partial charge on any atom is -0.311 e. The third-order valence-electron chi connectivity index (χ3n) is 3.68. The predicted octanol–water partition coefficient (Wildman–Crippen LogP) is 2.31. The lowest BCUT2D eigenvalue weighted by Gasteiger charge is -2.30. The molecule has 0 radical (unpaired) electrons. The van der Waals surface area contributed by atoms with Gasteiger partial charge in [0.1, 0.15) is 0 Å². The molecule has 2 rings (SSSR count). The normalized spacial score (nSPS) is 23.3. The molecule has 18 heavy (non-hydrogen) atoms. The van der Waals surface area contributed by atoms with E-state index >= 15 is 0 Å². The predicted molar refractivity (Wildman–Crippen MR) is 71.1 cm³/mol. The molecule has 4 N–H and O–H groups in total. The maximum Gasteiger partial charge on any atom is 0.466 e. The van der Waals surface area contributed by atoms with Crippen LogP contribution in [0.2, 0.25) is 0 Å². The van der Waals surface area contributed by atoms with Crippen molar-refractivity contribution in [3.8, 4) is 0 Å². The molecule has 2 aliphatic rings. The van der Waals surface area contributed by atoms with Crippen molar-refractivity contribution < 1.29 is 19.2 Å². The minimum atomic E-state index is -4.64. The molecule has 0 unspecified atom stereocenters. The van der Waals surface area contributed by atoms with Crippen LogP contribution in [0.15, 0.2) is 0 Å². The van der Waals surface area contributed by atoms with E-state index in [4.69, 9.17) is 19.2 Å². The molecule has 0 bridgehead atoms. The third kappa shape index (κ3) is 9.06. The zero-order chi connectivity index (χ0) is 13.4. The van der Waals surface area contributed by atoms with E-state index in [9.17, 15) is 0 Å². The SMILES string of the molecule is C1CCC(NC2CCCCC2)CC1.O=P(O)(O)O. The highest BCUT2D eigenvalue weighted by atomic mass is 31.2. The highest BCUT2D eigenvalue weighted by Gasteiger charge is 2.19. The largest absolute Gasteiger partial charge is 0.466 e. The van der Waals surface area contributed by atoms with Gasteiger partial charge in [-0.2, -0.15) is 0 Å². The second-order valence-corrected chi connectivity index (χ2v) is 6.38. The molecular weight excluding hydrogens is 253 g/mol. The van der Waals surface area contributed by atoms with Crippen molar-refractivity contribution in [2.75, 3.05) is 0 Å². The molecule has 0 aromatic carbocycles. The molecular formula is C12H26NO4P. The second-order valence-electron chi connectivity index (χ2n) is 5.35. The first-order valence-corrected chi connectivity index (χ1v) is 8.56. The Morgan fingerprint density at radius 1 is 0.722 bits per heavy atom. The number of hydrogen-bond donors (Lipinski definition) is 4. The van der Waals surface area contributed by atoms with Crippen LogP contribution in [0.25, 0.3) is 0 Å². The molecule has 0 aromatic rings. The van der Waals surface area contributed by atoms with Gasteiger partial charge in [-0.3, -0.25) is 0 Å². The summed E-state index contributed by atoms with van der Waals surface area (Å²) >= 11 is 0. The molecule has 6 heteroatoms. The number of nitrogens with one attached hydrogen (secondary N) is 1. The molecule has 0 atom stereocenters. The van der Waals surface area contributed by atoms with E-state index in [1.165, 1.54) is 64.2 Å². The van der Waals surface area contributed by atoms with E-state index in [1.807, 2.05) is 0 Å². The van der Waals surface area contributed by atoms with Gasteiger partial charge in [0.05, 0.1) is 0 Å². The molecule has 0 aliphatic heterocycles. The Hall–Kier alpha value is 0.0700. The van der Waals surface area contributed by atoms with Gasteiger partial charge < -0.3 is 20.0 Å². The summed E-state index contributed by atoms with van der Waals surface area (Å²) < 4.78 is 8.88. The number of rotatable bonds is 2. The highest BCUT2D eigenvalue weighted by Crippen LogP contribution is 2.25. The van der Waals surface area contributed by atoms with Crippen LogP contribution < -0.4 is 5.32 Å². The smallest absolute Gasteiger partial charge is 0.311 e. The zero-order valence-electron chi connectivity index (χ0n) is 10.9. The fourth-order valence-electron chi connectivity index (χ4n) is 2.87. The van der Waals surface area contributed by atoms with Crippen LogP contribution in [0, 0.1) is 0 Å². The maximum atomic E-state index is 8.88. The minimum absolute atomic E-state index is 0.872. The van der Waals surface area contributed by atoms with Crippen molar-refractivity contribution >= 4 is 7.82 Å². The topological polar surface area (TPSA) is 89.8 Å². The van der Waals surface area contributed by atoms with Crippen LogP contribution in [0.3, 0.4) is 0 Å². The van der Waals surface area contributed by atoms with E-state index in [2.05, 4.69) is 5.32 Å². The summed E-state index contributed by atoms with van der Waals surface area (Å²) in [6.45, 7) is 0. The standard InChI is InChI=1S/C12H23N.H3O4P/c1-3-7-11(8-4-1)13-12-9-5-2-6-10-12;1-5(2,3)4/h11-13H,1-10H2;(H3,1,2,3,4). The molecule has 2 aliphatic carbocycles. The van der Waals surface area contributed by atoms with Crippen LogP contribution in [-0.2, 0) is 4.57 Å². The van der Waals surface area contributed by atoms with E-state index in [1.54, 1.807) is 0 Å². The lowest BCUT2D eigenvalue weighted by Crippen LogP contribution is -2.40.